The molecule has 3 nitrogen and oxygen atoms in total. The van der Waals surface area contributed by atoms with E-state index >= 15 is 0 Å². The average molecular weight is 270 g/mol. The maximum atomic E-state index is 9.90. The molecule has 1 aliphatic rings. The molecule has 0 spiro atoms. The van der Waals surface area contributed by atoms with Crippen LogP contribution in [0.3, 0.4) is 0 Å². The summed E-state index contributed by atoms with van der Waals surface area (Å²) >= 11 is 5.86. The highest BCUT2D eigenvalue weighted by Crippen LogP contribution is 2.17. The predicted molar refractivity (Wildman–Crippen MR) is 72.7 cm³/mol. The zero-order valence-corrected chi connectivity index (χ0v) is 11.4. The van der Waals surface area contributed by atoms with Crippen LogP contribution in [0.15, 0.2) is 24.3 Å². The molecule has 2 rings (SSSR count). The van der Waals surface area contributed by atoms with E-state index in [2.05, 4.69) is 11.9 Å². The van der Waals surface area contributed by atoms with Crippen molar-refractivity contribution in [3.05, 3.63) is 34.9 Å². The van der Waals surface area contributed by atoms with Crippen LogP contribution in [-0.4, -0.2) is 42.9 Å². The van der Waals surface area contributed by atoms with Gasteiger partial charge in [0, 0.05) is 30.6 Å². The summed E-state index contributed by atoms with van der Waals surface area (Å²) in [6.07, 6.45) is 0.519. The van der Waals surface area contributed by atoms with E-state index in [-0.39, 0.29) is 12.0 Å². The molecule has 0 aliphatic carbocycles. The Hall–Kier alpha value is -0.610. The highest BCUT2D eigenvalue weighted by atomic mass is 35.5. The largest absolute Gasteiger partial charge is 0.393 e. The van der Waals surface area contributed by atoms with Crippen LogP contribution >= 0.6 is 11.6 Å². The minimum absolute atomic E-state index is 0.219. The first-order valence-corrected chi connectivity index (χ1v) is 6.72. The van der Waals surface area contributed by atoms with E-state index in [9.17, 15) is 5.11 Å². The summed E-state index contributed by atoms with van der Waals surface area (Å²) in [6, 6.07) is 7.88. The minimum atomic E-state index is -0.230. The fourth-order valence-corrected chi connectivity index (χ4v) is 2.45. The smallest absolute Gasteiger partial charge is 0.0624 e. The van der Waals surface area contributed by atoms with Gasteiger partial charge < -0.3 is 14.7 Å². The Morgan fingerprint density at radius 2 is 2.11 bits per heavy atom. The number of ether oxygens (including phenoxy) is 1. The summed E-state index contributed by atoms with van der Waals surface area (Å²) in [6.45, 7) is 3.05. The van der Waals surface area contributed by atoms with Crippen molar-refractivity contribution in [2.24, 2.45) is 5.92 Å². The molecule has 100 valence electrons. The SMILES string of the molecule is CN(Cc1ccc(Cl)cc1)CC1COCCC1O. The van der Waals surface area contributed by atoms with E-state index in [0.717, 1.165) is 24.5 Å². The van der Waals surface area contributed by atoms with Gasteiger partial charge in [-0.1, -0.05) is 23.7 Å². The molecule has 2 unspecified atom stereocenters. The Morgan fingerprint density at radius 1 is 1.39 bits per heavy atom. The Labute approximate surface area is 113 Å². The van der Waals surface area contributed by atoms with Gasteiger partial charge in [-0.05, 0) is 31.2 Å². The third kappa shape index (κ3) is 3.95. The molecular weight excluding hydrogens is 250 g/mol. The molecule has 4 heteroatoms. The topological polar surface area (TPSA) is 32.7 Å². The first-order chi connectivity index (χ1) is 8.65. The van der Waals surface area contributed by atoms with Gasteiger partial charge in [0.05, 0.1) is 12.7 Å². The van der Waals surface area contributed by atoms with Crippen molar-refractivity contribution in [2.75, 3.05) is 26.8 Å². The highest BCUT2D eigenvalue weighted by molar-refractivity contribution is 6.30. The van der Waals surface area contributed by atoms with Gasteiger partial charge in [0.15, 0.2) is 0 Å². The molecule has 1 aromatic rings. The van der Waals surface area contributed by atoms with Crippen molar-refractivity contribution in [3.8, 4) is 0 Å². The van der Waals surface area contributed by atoms with E-state index in [0.29, 0.717) is 13.2 Å². The lowest BCUT2D eigenvalue weighted by Crippen LogP contribution is -2.39. The summed E-state index contributed by atoms with van der Waals surface area (Å²) in [4.78, 5) is 2.21. The van der Waals surface area contributed by atoms with E-state index in [1.54, 1.807) is 0 Å². The van der Waals surface area contributed by atoms with E-state index in [4.69, 9.17) is 16.3 Å². The van der Waals surface area contributed by atoms with Crippen LogP contribution in [0.25, 0.3) is 0 Å². The molecular formula is C14H20ClNO2. The summed E-state index contributed by atoms with van der Waals surface area (Å²) in [7, 11) is 2.07. The Morgan fingerprint density at radius 3 is 2.78 bits per heavy atom. The van der Waals surface area contributed by atoms with E-state index in [1.807, 2.05) is 24.3 Å². The standard InChI is InChI=1S/C14H20ClNO2/c1-16(8-11-2-4-13(15)5-3-11)9-12-10-18-7-6-14(12)17/h2-5,12,14,17H,6-10H2,1H3. The summed E-state index contributed by atoms with van der Waals surface area (Å²) in [5.74, 6) is 0.219. The Bertz CT molecular complexity index is 369. The molecule has 0 radical (unpaired) electrons. The van der Waals surface area contributed by atoms with E-state index in [1.165, 1.54) is 5.56 Å². The fourth-order valence-electron chi connectivity index (χ4n) is 2.33. The van der Waals surface area contributed by atoms with Crippen LogP contribution in [-0.2, 0) is 11.3 Å². The monoisotopic (exact) mass is 269 g/mol. The Balaban J connectivity index is 1.84. The van der Waals surface area contributed by atoms with Crippen molar-refractivity contribution < 1.29 is 9.84 Å². The molecule has 0 bridgehead atoms. The number of rotatable bonds is 4. The van der Waals surface area contributed by atoms with Crippen LogP contribution < -0.4 is 0 Å². The maximum absolute atomic E-state index is 9.90. The second-order valence-corrected chi connectivity index (χ2v) is 5.45. The van der Waals surface area contributed by atoms with Gasteiger partial charge in [-0.3, -0.25) is 0 Å². The van der Waals surface area contributed by atoms with Crippen molar-refractivity contribution >= 4 is 11.6 Å². The third-order valence-electron chi connectivity index (χ3n) is 3.35. The number of hydrogen-bond acceptors (Lipinski definition) is 3. The molecule has 0 saturated carbocycles. The van der Waals surface area contributed by atoms with Gasteiger partial charge >= 0.3 is 0 Å². The van der Waals surface area contributed by atoms with Gasteiger partial charge in [-0.15, -0.1) is 0 Å². The van der Waals surface area contributed by atoms with Gasteiger partial charge in [0.2, 0.25) is 0 Å². The van der Waals surface area contributed by atoms with Gasteiger partial charge in [0.1, 0.15) is 0 Å². The van der Waals surface area contributed by atoms with Crippen LogP contribution in [0.4, 0.5) is 0 Å². The fraction of sp³-hybridized carbons (Fsp3) is 0.571. The maximum Gasteiger partial charge on any atom is 0.0624 e. The average Bonchev–Trinajstić information content (AvgIpc) is 2.35. The third-order valence-corrected chi connectivity index (χ3v) is 3.60. The number of nitrogens with zero attached hydrogens (tertiary/aromatic N) is 1. The zero-order chi connectivity index (χ0) is 13.0. The van der Waals surface area contributed by atoms with Crippen molar-refractivity contribution in [3.63, 3.8) is 0 Å². The molecule has 18 heavy (non-hydrogen) atoms. The van der Waals surface area contributed by atoms with Gasteiger partial charge in [-0.25, -0.2) is 0 Å². The first-order valence-electron chi connectivity index (χ1n) is 6.34. The second kappa shape index (κ2) is 6.53. The number of aliphatic hydroxyl groups is 1. The number of benzene rings is 1. The zero-order valence-electron chi connectivity index (χ0n) is 10.7. The van der Waals surface area contributed by atoms with Crippen molar-refractivity contribution in [2.45, 2.75) is 19.1 Å². The summed E-state index contributed by atoms with van der Waals surface area (Å²) in [5.41, 5.74) is 1.23. The molecule has 0 aromatic heterocycles. The normalized spacial score (nSPS) is 24.4. The number of halogens is 1. The van der Waals surface area contributed by atoms with Crippen LogP contribution in [0.1, 0.15) is 12.0 Å². The number of aliphatic hydroxyl groups excluding tert-OH is 1. The molecule has 1 saturated heterocycles. The quantitative estimate of drug-likeness (QED) is 0.909. The lowest BCUT2D eigenvalue weighted by Gasteiger charge is -2.31. The molecule has 1 N–H and O–H groups in total. The number of hydrogen-bond donors (Lipinski definition) is 1. The lowest BCUT2D eigenvalue weighted by atomic mass is 9.98. The first kappa shape index (κ1) is 13.8. The van der Waals surface area contributed by atoms with Crippen LogP contribution in [0.5, 0.6) is 0 Å². The van der Waals surface area contributed by atoms with E-state index < -0.39 is 0 Å². The molecule has 1 heterocycles. The molecule has 2 atom stereocenters. The van der Waals surface area contributed by atoms with Gasteiger partial charge in [0.25, 0.3) is 0 Å². The molecule has 1 aromatic carbocycles. The van der Waals surface area contributed by atoms with Crippen LogP contribution in [0.2, 0.25) is 5.02 Å². The predicted octanol–water partition coefficient (Wildman–Crippen LogP) is 2.17. The summed E-state index contributed by atoms with van der Waals surface area (Å²) in [5, 5.41) is 10.7. The lowest BCUT2D eigenvalue weighted by molar-refractivity contribution is -0.0451. The molecule has 0 amide bonds. The van der Waals surface area contributed by atoms with Crippen LogP contribution in [0, 0.1) is 5.92 Å². The van der Waals surface area contributed by atoms with Crippen molar-refractivity contribution in [1.29, 1.82) is 0 Å². The molecule has 1 fully saturated rings. The highest BCUT2D eigenvalue weighted by Gasteiger charge is 2.24. The second-order valence-electron chi connectivity index (χ2n) is 5.01. The van der Waals surface area contributed by atoms with Crippen molar-refractivity contribution in [1.82, 2.24) is 4.90 Å². The van der Waals surface area contributed by atoms with Gasteiger partial charge in [-0.2, -0.15) is 0 Å². The Kier molecular flexibility index (Phi) is 5.01. The minimum Gasteiger partial charge on any atom is -0.393 e. The summed E-state index contributed by atoms with van der Waals surface area (Å²) < 4.78 is 5.42. The molecule has 1 aliphatic heterocycles.